The third-order valence-corrected chi connectivity index (χ3v) is 4.92. The molecule has 0 fully saturated rings. The number of aryl methyl sites for hydroxylation is 4. The minimum absolute atomic E-state index is 0.581. The fraction of sp³-hybridized carbons (Fsp3) is 0.423. The van der Waals surface area contributed by atoms with Crippen molar-refractivity contribution < 1.29 is 19.0 Å². The van der Waals surface area contributed by atoms with E-state index in [0.29, 0.717) is 19.8 Å². The van der Waals surface area contributed by atoms with Gasteiger partial charge in [0.25, 0.3) is 0 Å². The zero-order valence-electron chi connectivity index (χ0n) is 19.7. The van der Waals surface area contributed by atoms with Gasteiger partial charge in [-0.3, -0.25) is 0 Å². The Morgan fingerprint density at radius 2 is 1.32 bits per heavy atom. The van der Waals surface area contributed by atoms with Crippen LogP contribution in [0.3, 0.4) is 0 Å². The highest BCUT2D eigenvalue weighted by Crippen LogP contribution is 2.28. The van der Waals surface area contributed by atoms with Crippen LogP contribution in [-0.4, -0.2) is 33.1 Å². The topological polar surface area (TPSA) is 49.3 Å². The molecule has 2 aromatic carbocycles. The average Bonchev–Trinajstić information content (AvgIpc) is 2.72. The van der Waals surface area contributed by atoms with E-state index in [2.05, 4.69) is 19.0 Å². The van der Waals surface area contributed by atoms with Crippen LogP contribution in [0.15, 0.2) is 41.6 Å². The summed E-state index contributed by atoms with van der Waals surface area (Å²) < 4.78 is 17.7. The molecule has 2 rings (SSSR count). The van der Waals surface area contributed by atoms with Gasteiger partial charge in [0.2, 0.25) is 0 Å². The molecule has 0 aromatic heterocycles. The molecule has 5 heteroatoms. The fourth-order valence-electron chi connectivity index (χ4n) is 3.36. The Morgan fingerprint density at radius 3 is 1.90 bits per heavy atom. The first-order valence-corrected chi connectivity index (χ1v) is 10.7. The smallest absolute Gasteiger partial charge is 0.125 e. The van der Waals surface area contributed by atoms with Gasteiger partial charge in [0.15, 0.2) is 0 Å². The summed E-state index contributed by atoms with van der Waals surface area (Å²) in [4.78, 5) is 4.78. The van der Waals surface area contributed by atoms with Crippen LogP contribution in [0.25, 0.3) is 0 Å². The molecular formula is C26H35NO4. The Balaban J connectivity index is 1.78. The first kappa shape index (κ1) is 24.3. The van der Waals surface area contributed by atoms with Gasteiger partial charge in [-0.2, -0.15) is 0 Å². The summed E-state index contributed by atoms with van der Waals surface area (Å²) in [5.41, 5.74) is 5.47. The van der Waals surface area contributed by atoms with E-state index >= 15 is 0 Å². The van der Waals surface area contributed by atoms with Crippen molar-refractivity contribution in [2.24, 2.45) is 5.16 Å². The summed E-state index contributed by atoms with van der Waals surface area (Å²) in [5.74, 6) is 2.70. The van der Waals surface area contributed by atoms with Gasteiger partial charge in [0, 0.05) is 5.56 Å². The average molecular weight is 426 g/mol. The second kappa shape index (κ2) is 12.7. The van der Waals surface area contributed by atoms with E-state index in [1.165, 1.54) is 0 Å². The van der Waals surface area contributed by atoms with Crippen LogP contribution < -0.4 is 14.2 Å². The monoisotopic (exact) mass is 425 g/mol. The third kappa shape index (κ3) is 7.67. The van der Waals surface area contributed by atoms with Gasteiger partial charge in [-0.05, 0) is 94.0 Å². The van der Waals surface area contributed by atoms with Crippen LogP contribution in [-0.2, 0) is 4.84 Å². The maximum Gasteiger partial charge on any atom is 0.125 e. The first-order chi connectivity index (χ1) is 15.0. The molecule has 0 amide bonds. The largest absolute Gasteiger partial charge is 0.494 e. The number of oxime groups is 1. The summed E-state index contributed by atoms with van der Waals surface area (Å²) in [5, 5.41) is 3.86. The molecule has 0 heterocycles. The zero-order chi connectivity index (χ0) is 22.6. The van der Waals surface area contributed by atoms with Crippen LogP contribution in [0, 0.1) is 27.7 Å². The van der Waals surface area contributed by atoms with E-state index in [1.807, 2.05) is 57.2 Å². The highest BCUT2D eigenvalue weighted by Gasteiger charge is 2.08. The fourth-order valence-corrected chi connectivity index (χ4v) is 3.36. The van der Waals surface area contributed by atoms with Crippen LogP contribution in [0.2, 0.25) is 0 Å². The maximum absolute atomic E-state index is 6.04. The van der Waals surface area contributed by atoms with Crippen molar-refractivity contribution in [1.29, 1.82) is 0 Å². The summed E-state index contributed by atoms with van der Waals surface area (Å²) in [6, 6.07) is 8.13. The van der Waals surface area contributed by atoms with Crippen LogP contribution in [0.4, 0.5) is 0 Å². The number of hydrogen-bond donors (Lipinski definition) is 0. The molecule has 0 atom stereocenters. The lowest BCUT2D eigenvalue weighted by Crippen LogP contribution is -2.05. The summed E-state index contributed by atoms with van der Waals surface area (Å²) >= 11 is 0. The van der Waals surface area contributed by atoms with E-state index in [0.717, 1.165) is 57.9 Å². The van der Waals surface area contributed by atoms with E-state index in [9.17, 15) is 0 Å². The molecule has 31 heavy (non-hydrogen) atoms. The van der Waals surface area contributed by atoms with Crippen LogP contribution in [0.5, 0.6) is 17.2 Å². The van der Waals surface area contributed by atoms with Crippen LogP contribution >= 0.6 is 0 Å². The van der Waals surface area contributed by atoms with Crippen molar-refractivity contribution in [2.45, 2.75) is 47.5 Å². The number of allylic oxidation sites excluding steroid dienone is 1. The van der Waals surface area contributed by atoms with Gasteiger partial charge < -0.3 is 19.0 Å². The Morgan fingerprint density at radius 1 is 0.774 bits per heavy atom. The Labute approximate surface area is 186 Å². The molecule has 0 saturated carbocycles. The summed E-state index contributed by atoms with van der Waals surface area (Å²) in [7, 11) is 1.54. The first-order valence-electron chi connectivity index (χ1n) is 10.7. The minimum atomic E-state index is 0.581. The van der Waals surface area contributed by atoms with Crippen molar-refractivity contribution in [3.8, 4) is 17.2 Å². The predicted molar refractivity (Wildman–Crippen MR) is 127 cm³/mol. The molecule has 0 aliphatic heterocycles. The number of ether oxygens (including phenoxy) is 3. The van der Waals surface area contributed by atoms with Gasteiger partial charge in [-0.25, -0.2) is 0 Å². The molecule has 5 nitrogen and oxygen atoms in total. The zero-order valence-corrected chi connectivity index (χ0v) is 19.7. The molecule has 0 bridgehead atoms. The number of benzene rings is 2. The second-order valence-corrected chi connectivity index (χ2v) is 7.56. The standard InChI is InChI=1S/C26H35NO4/c1-7-8-11-29-24-16-21(4)26(22(5)17-24)31-13-10-9-12-30-23-14-19(2)25(18-27-28-6)20(3)15-23/h7-8,14-18H,9-13H2,1-6H3/b8-7+,27-18+. The molecular weight excluding hydrogens is 390 g/mol. The second-order valence-electron chi connectivity index (χ2n) is 7.56. The van der Waals surface area contributed by atoms with Crippen molar-refractivity contribution in [1.82, 2.24) is 0 Å². The molecule has 0 unspecified atom stereocenters. The third-order valence-electron chi connectivity index (χ3n) is 4.92. The lowest BCUT2D eigenvalue weighted by molar-refractivity contribution is 0.215. The van der Waals surface area contributed by atoms with Crippen molar-refractivity contribution in [3.05, 3.63) is 64.2 Å². The van der Waals surface area contributed by atoms with Crippen LogP contribution in [0.1, 0.15) is 47.6 Å². The Bertz CT molecular complexity index is 856. The van der Waals surface area contributed by atoms with Gasteiger partial charge >= 0.3 is 0 Å². The lowest BCUT2D eigenvalue weighted by Gasteiger charge is -2.15. The molecule has 0 saturated heterocycles. The molecule has 0 aliphatic rings. The van der Waals surface area contributed by atoms with E-state index in [-0.39, 0.29) is 0 Å². The van der Waals surface area contributed by atoms with E-state index in [1.54, 1.807) is 13.3 Å². The number of rotatable bonds is 12. The van der Waals surface area contributed by atoms with Crippen molar-refractivity contribution in [2.75, 3.05) is 26.9 Å². The molecule has 168 valence electrons. The van der Waals surface area contributed by atoms with Gasteiger partial charge in [0.05, 0.1) is 19.4 Å². The van der Waals surface area contributed by atoms with E-state index < -0.39 is 0 Å². The van der Waals surface area contributed by atoms with Gasteiger partial charge in [-0.1, -0.05) is 17.3 Å². The molecule has 0 N–H and O–H groups in total. The summed E-state index contributed by atoms with van der Waals surface area (Å²) in [6.07, 6.45) is 7.55. The lowest BCUT2D eigenvalue weighted by atomic mass is 10.0. The quantitative estimate of drug-likeness (QED) is 0.179. The number of nitrogens with zero attached hydrogens (tertiary/aromatic N) is 1. The highest BCUT2D eigenvalue weighted by molar-refractivity contribution is 5.83. The predicted octanol–water partition coefficient (Wildman–Crippen LogP) is 6.09. The van der Waals surface area contributed by atoms with E-state index in [4.69, 9.17) is 19.0 Å². The highest BCUT2D eigenvalue weighted by atomic mass is 16.6. The summed E-state index contributed by atoms with van der Waals surface area (Å²) in [6.45, 7) is 12.1. The molecule has 0 aliphatic carbocycles. The normalized spacial score (nSPS) is 11.3. The van der Waals surface area contributed by atoms with Gasteiger partial charge in [-0.15, -0.1) is 0 Å². The molecule has 0 radical (unpaired) electrons. The Kier molecular flexibility index (Phi) is 9.95. The molecule has 0 spiro atoms. The minimum Gasteiger partial charge on any atom is -0.494 e. The van der Waals surface area contributed by atoms with Crippen molar-refractivity contribution in [3.63, 3.8) is 0 Å². The number of unbranched alkanes of at least 4 members (excludes halogenated alkanes) is 1. The molecule has 2 aromatic rings. The SMILES string of the molecule is C/C=C/COc1cc(C)c(OCCCCOc2cc(C)c(/C=N/OC)c(C)c2)c(C)c1. The Hall–Kier alpha value is -2.95. The van der Waals surface area contributed by atoms with Crippen molar-refractivity contribution >= 4 is 6.21 Å². The number of hydrogen-bond acceptors (Lipinski definition) is 5. The van der Waals surface area contributed by atoms with Gasteiger partial charge in [0.1, 0.15) is 31.0 Å². The maximum atomic E-state index is 6.04.